The number of halogens is 1. The number of anilines is 1. The van der Waals surface area contributed by atoms with Gasteiger partial charge in [0.05, 0.1) is 17.3 Å². The van der Waals surface area contributed by atoms with Gasteiger partial charge in [-0.25, -0.2) is 4.98 Å². The second-order valence-corrected chi connectivity index (χ2v) is 4.58. The van der Waals surface area contributed by atoms with Crippen molar-refractivity contribution < 1.29 is 9.47 Å². The minimum atomic E-state index is 0.245. The molecular weight excluding hydrogens is 266 g/mol. The number of ether oxygens (including phenoxy) is 2. The molecule has 3 rings (SSSR count). The number of aryl methyl sites for hydroxylation is 1. The molecule has 0 saturated carbocycles. The third kappa shape index (κ3) is 2.33. The number of fused-ring (bicyclic) bond motifs is 1. The summed E-state index contributed by atoms with van der Waals surface area (Å²) in [6.45, 7) is 3.83. The lowest BCUT2D eigenvalue weighted by molar-refractivity contribution is 0.174. The molecule has 0 spiro atoms. The van der Waals surface area contributed by atoms with Gasteiger partial charge in [-0.2, -0.15) is 0 Å². The van der Waals surface area contributed by atoms with Gasteiger partial charge in [0.25, 0.3) is 0 Å². The van der Waals surface area contributed by atoms with E-state index in [1.807, 2.05) is 12.3 Å². The highest BCUT2D eigenvalue weighted by molar-refractivity contribution is 6.33. The number of hydrogen-bond donors (Lipinski definition) is 1. The van der Waals surface area contributed by atoms with Gasteiger partial charge in [0.1, 0.15) is 5.82 Å². The predicted octanol–water partition coefficient (Wildman–Crippen LogP) is 2.90. The zero-order valence-electron chi connectivity index (χ0n) is 10.5. The standard InChI is InChI=1S/C13H14ClN3O2/c1-2-17-4-3-15-13(17)7-16-10-6-12-11(5-9(10)14)18-8-19-12/h3-6,16H,2,7-8H2,1H3. The van der Waals surface area contributed by atoms with Crippen LogP contribution in [0.5, 0.6) is 11.5 Å². The summed E-state index contributed by atoms with van der Waals surface area (Å²) in [5, 5.41) is 3.88. The number of nitrogens with one attached hydrogen (secondary N) is 1. The van der Waals surface area contributed by atoms with E-state index >= 15 is 0 Å². The third-order valence-corrected chi connectivity index (χ3v) is 3.35. The van der Waals surface area contributed by atoms with E-state index in [1.165, 1.54) is 0 Å². The number of aromatic nitrogens is 2. The van der Waals surface area contributed by atoms with Crippen LogP contribution in [-0.2, 0) is 13.1 Å². The van der Waals surface area contributed by atoms with E-state index in [-0.39, 0.29) is 6.79 Å². The Bertz CT molecular complexity index is 598. The van der Waals surface area contributed by atoms with E-state index in [1.54, 1.807) is 12.3 Å². The number of imidazole rings is 1. The van der Waals surface area contributed by atoms with Crippen molar-refractivity contribution in [1.29, 1.82) is 0 Å². The van der Waals surface area contributed by atoms with Crippen molar-refractivity contribution in [1.82, 2.24) is 9.55 Å². The average molecular weight is 280 g/mol. The molecule has 1 aromatic carbocycles. The van der Waals surface area contributed by atoms with Gasteiger partial charge in [0, 0.05) is 31.1 Å². The molecular formula is C13H14ClN3O2. The van der Waals surface area contributed by atoms with Gasteiger partial charge in [-0.15, -0.1) is 0 Å². The van der Waals surface area contributed by atoms with Crippen molar-refractivity contribution in [2.45, 2.75) is 20.0 Å². The summed E-state index contributed by atoms with van der Waals surface area (Å²) in [6.07, 6.45) is 3.75. The van der Waals surface area contributed by atoms with Gasteiger partial charge in [-0.05, 0) is 6.92 Å². The van der Waals surface area contributed by atoms with E-state index < -0.39 is 0 Å². The molecule has 1 aromatic heterocycles. The summed E-state index contributed by atoms with van der Waals surface area (Å²) in [4.78, 5) is 4.31. The smallest absolute Gasteiger partial charge is 0.231 e. The first-order chi connectivity index (χ1) is 9.28. The Labute approximate surface area is 116 Å². The fourth-order valence-corrected chi connectivity index (χ4v) is 2.24. The normalized spacial score (nSPS) is 12.7. The summed E-state index contributed by atoms with van der Waals surface area (Å²) in [7, 11) is 0. The topological polar surface area (TPSA) is 48.3 Å². The Morgan fingerprint density at radius 1 is 1.37 bits per heavy atom. The van der Waals surface area contributed by atoms with Crippen LogP contribution in [-0.4, -0.2) is 16.3 Å². The molecule has 0 atom stereocenters. The molecule has 0 amide bonds. The molecule has 5 nitrogen and oxygen atoms in total. The molecule has 19 heavy (non-hydrogen) atoms. The van der Waals surface area contributed by atoms with Gasteiger partial charge in [0.15, 0.2) is 11.5 Å². The van der Waals surface area contributed by atoms with Gasteiger partial charge >= 0.3 is 0 Å². The van der Waals surface area contributed by atoms with Crippen molar-refractivity contribution in [3.05, 3.63) is 35.4 Å². The van der Waals surface area contributed by atoms with E-state index in [9.17, 15) is 0 Å². The first-order valence-electron chi connectivity index (χ1n) is 6.11. The average Bonchev–Trinajstić information content (AvgIpc) is 3.03. The summed E-state index contributed by atoms with van der Waals surface area (Å²) in [5.74, 6) is 2.37. The van der Waals surface area contributed by atoms with Crippen LogP contribution in [0.2, 0.25) is 5.02 Å². The molecule has 0 aliphatic carbocycles. The molecule has 2 heterocycles. The molecule has 0 unspecified atom stereocenters. The number of benzene rings is 1. The van der Waals surface area contributed by atoms with E-state index in [2.05, 4.69) is 21.8 Å². The summed E-state index contributed by atoms with van der Waals surface area (Å²) in [6, 6.07) is 3.61. The predicted molar refractivity (Wildman–Crippen MR) is 72.8 cm³/mol. The molecule has 1 aliphatic heterocycles. The van der Waals surface area contributed by atoms with Crippen LogP contribution in [0.1, 0.15) is 12.7 Å². The highest BCUT2D eigenvalue weighted by atomic mass is 35.5. The number of rotatable bonds is 4. The van der Waals surface area contributed by atoms with Crippen LogP contribution in [0.3, 0.4) is 0 Å². The van der Waals surface area contributed by atoms with Gasteiger partial charge in [-0.1, -0.05) is 11.6 Å². The second kappa shape index (κ2) is 5.01. The van der Waals surface area contributed by atoms with Crippen molar-refractivity contribution in [2.75, 3.05) is 12.1 Å². The highest BCUT2D eigenvalue weighted by Crippen LogP contribution is 2.39. The van der Waals surface area contributed by atoms with Crippen LogP contribution < -0.4 is 14.8 Å². The summed E-state index contributed by atoms with van der Waals surface area (Å²) >= 11 is 6.20. The van der Waals surface area contributed by atoms with E-state index in [0.29, 0.717) is 23.1 Å². The minimum Gasteiger partial charge on any atom is -0.454 e. The lowest BCUT2D eigenvalue weighted by Crippen LogP contribution is -2.07. The molecule has 0 bridgehead atoms. The SMILES string of the molecule is CCn1ccnc1CNc1cc2c(cc1Cl)OCO2. The molecule has 0 radical (unpaired) electrons. The molecule has 1 aliphatic rings. The van der Waals surface area contributed by atoms with Crippen molar-refractivity contribution in [3.8, 4) is 11.5 Å². The Morgan fingerprint density at radius 2 is 2.16 bits per heavy atom. The molecule has 0 saturated heterocycles. The zero-order valence-corrected chi connectivity index (χ0v) is 11.3. The van der Waals surface area contributed by atoms with Crippen molar-refractivity contribution >= 4 is 17.3 Å². The fourth-order valence-electron chi connectivity index (χ4n) is 2.02. The maximum absolute atomic E-state index is 6.20. The lowest BCUT2D eigenvalue weighted by atomic mass is 10.2. The van der Waals surface area contributed by atoms with Crippen LogP contribution in [0.25, 0.3) is 0 Å². The monoisotopic (exact) mass is 279 g/mol. The van der Waals surface area contributed by atoms with Crippen LogP contribution in [0.15, 0.2) is 24.5 Å². The minimum absolute atomic E-state index is 0.245. The fraction of sp³-hybridized carbons (Fsp3) is 0.308. The number of hydrogen-bond acceptors (Lipinski definition) is 4. The maximum atomic E-state index is 6.20. The highest BCUT2D eigenvalue weighted by Gasteiger charge is 2.16. The van der Waals surface area contributed by atoms with Gasteiger partial charge in [-0.3, -0.25) is 0 Å². The quantitative estimate of drug-likeness (QED) is 0.935. The van der Waals surface area contributed by atoms with Crippen LogP contribution >= 0.6 is 11.6 Å². The largest absolute Gasteiger partial charge is 0.454 e. The molecule has 2 aromatic rings. The number of nitrogens with zero attached hydrogens (tertiary/aromatic N) is 2. The first kappa shape index (κ1) is 12.2. The van der Waals surface area contributed by atoms with Crippen molar-refractivity contribution in [2.24, 2.45) is 0 Å². The molecule has 100 valence electrons. The third-order valence-electron chi connectivity index (χ3n) is 3.04. The van der Waals surface area contributed by atoms with Gasteiger partial charge in [0.2, 0.25) is 6.79 Å². The van der Waals surface area contributed by atoms with Crippen LogP contribution in [0, 0.1) is 0 Å². The Morgan fingerprint density at radius 3 is 2.95 bits per heavy atom. The molecule has 6 heteroatoms. The second-order valence-electron chi connectivity index (χ2n) is 4.17. The molecule has 0 fully saturated rings. The Balaban J connectivity index is 1.77. The van der Waals surface area contributed by atoms with Crippen molar-refractivity contribution in [3.63, 3.8) is 0 Å². The van der Waals surface area contributed by atoms with E-state index in [0.717, 1.165) is 18.1 Å². The Kier molecular flexibility index (Phi) is 3.21. The maximum Gasteiger partial charge on any atom is 0.231 e. The zero-order chi connectivity index (χ0) is 13.2. The van der Waals surface area contributed by atoms with Crippen LogP contribution in [0.4, 0.5) is 5.69 Å². The lowest BCUT2D eigenvalue weighted by Gasteiger charge is -2.10. The summed E-state index contributed by atoms with van der Waals surface area (Å²) < 4.78 is 12.7. The molecule has 1 N–H and O–H groups in total. The van der Waals surface area contributed by atoms with Gasteiger partial charge < -0.3 is 19.4 Å². The summed E-state index contributed by atoms with van der Waals surface area (Å²) in [5.41, 5.74) is 0.816. The first-order valence-corrected chi connectivity index (χ1v) is 6.48. The Hall–Kier alpha value is -1.88. The van der Waals surface area contributed by atoms with E-state index in [4.69, 9.17) is 21.1 Å².